The Morgan fingerprint density at radius 2 is 1.79 bits per heavy atom. The van der Waals surface area contributed by atoms with Crippen LogP contribution in [0.4, 0.5) is 0 Å². The van der Waals surface area contributed by atoms with Crippen LogP contribution in [0.1, 0.15) is 31.2 Å². The van der Waals surface area contributed by atoms with Crippen LogP contribution in [0.3, 0.4) is 0 Å². The third kappa shape index (κ3) is 3.10. The summed E-state index contributed by atoms with van der Waals surface area (Å²) >= 11 is 0. The predicted octanol–water partition coefficient (Wildman–Crippen LogP) is 3.85. The summed E-state index contributed by atoms with van der Waals surface area (Å²) in [7, 11) is 1.21. The minimum Gasteiger partial charge on any atom is -0.119 e. The van der Waals surface area contributed by atoms with Gasteiger partial charge in [-0.3, -0.25) is 0 Å². The van der Waals surface area contributed by atoms with E-state index in [4.69, 9.17) is 0 Å². The van der Waals surface area contributed by atoms with Crippen LogP contribution in [0.15, 0.2) is 30.3 Å². The van der Waals surface area contributed by atoms with Crippen molar-refractivity contribution in [2.75, 3.05) is 6.16 Å². The molecule has 0 radical (unpaired) electrons. The van der Waals surface area contributed by atoms with Gasteiger partial charge in [-0.2, -0.15) is 0 Å². The second-order valence-corrected chi connectivity index (χ2v) is 5.90. The van der Waals surface area contributed by atoms with Crippen molar-refractivity contribution in [1.29, 1.82) is 0 Å². The fourth-order valence-corrected chi connectivity index (χ4v) is 3.85. The Hall–Kier alpha value is -0.350. The maximum atomic E-state index is 2.25. The molecule has 1 saturated carbocycles. The lowest BCUT2D eigenvalue weighted by molar-refractivity contribution is 0.886. The standard InChI is InChI=1S/C13H19P/c1-2-6-12(7-3-1)10-11-14-13-8-4-5-9-13/h1-3,6-7,13-14H,4-5,8-11H2. The van der Waals surface area contributed by atoms with Crippen molar-refractivity contribution in [2.45, 2.75) is 37.8 Å². The quantitative estimate of drug-likeness (QED) is 0.656. The van der Waals surface area contributed by atoms with E-state index in [0.717, 1.165) is 5.66 Å². The molecule has 0 heterocycles. The van der Waals surface area contributed by atoms with E-state index in [1.54, 1.807) is 0 Å². The molecule has 1 fully saturated rings. The van der Waals surface area contributed by atoms with Gasteiger partial charge in [0.05, 0.1) is 0 Å². The lowest BCUT2D eigenvalue weighted by Crippen LogP contribution is -1.95. The van der Waals surface area contributed by atoms with E-state index in [9.17, 15) is 0 Å². The van der Waals surface area contributed by atoms with Crippen molar-refractivity contribution in [1.82, 2.24) is 0 Å². The summed E-state index contributed by atoms with van der Waals surface area (Å²) in [4.78, 5) is 0. The van der Waals surface area contributed by atoms with Gasteiger partial charge in [-0.05, 0) is 36.6 Å². The minimum absolute atomic E-state index is 1.08. The molecule has 76 valence electrons. The highest BCUT2D eigenvalue weighted by atomic mass is 31.1. The highest BCUT2D eigenvalue weighted by Gasteiger charge is 2.13. The number of hydrogen-bond acceptors (Lipinski definition) is 0. The summed E-state index contributed by atoms with van der Waals surface area (Å²) in [5, 5.41) is 0. The molecule has 0 aliphatic heterocycles. The molecule has 1 heteroatoms. The molecule has 0 nitrogen and oxygen atoms in total. The van der Waals surface area contributed by atoms with Gasteiger partial charge in [-0.25, -0.2) is 0 Å². The minimum atomic E-state index is 1.08. The van der Waals surface area contributed by atoms with E-state index in [-0.39, 0.29) is 0 Å². The zero-order valence-electron chi connectivity index (χ0n) is 8.71. The average molecular weight is 206 g/mol. The Kier molecular flexibility index (Phi) is 4.01. The number of aryl methyl sites for hydroxylation is 1. The molecule has 14 heavy (non-hydrogen) atoms. The Morgan fingerprint density at radius 1 is 1.07 bits per heavy atom. The van der Waals surface area contributed by atoms with Crippen molar-refractivity contribution in [3.63, 3.8) is 0 Å². The first-order valence-electron chi connectivity index (χ1n) is 5.72. The van der Waals surface area contributed by atoms with Crippen molar-refractivity contribution >= 4 is 8.58 Å². The molecule has 0 saturated heterocycles. The molecule has 0 aromatic heterocycles. The summed E-state index contributed by atoms with van der Waals surface area (Å²) < 4.78 is 0. The Balaban J connectivity index is 1.67. The molecular formula is C13H19P. The van der Waals surface area contributed by atoms with Gasteiger partial charge in [0.15, 0.2) is 0 Å². The molecule has 0 amide bonds. The van der Waals surface area contributed by atoms with Crippen molar-refractivity contribution < 1.29 is 0 Å². The summed E-state index contributed by atoms with van der Waals surface area (Å²) in [5.41, 5.74) is 2.59. The molecule has 0 bridgehead atoms. The van der Waals surface area contributed by atoms with Gasteiger partial charge in [0.25, 0.3) is 0 Å². The lowest BCUT2D eigenvalue weighted by atomic mass is 10.2. The number of hydrogen-bond donors (Lipinski definition) is 0. The molecule has 1 aromatic carbocycles. The van der Waals surface area contributed by atoms with Crippen LogP contribution in [0, 0.1) is 0 Å². The van der Waals surface area contributed by atoms with Crippen LogP contribution < -0.4 is 0 Å². The van der Waals surface area contributed by atoms with Crippen LogP contribution in [0.25, 0.3) is 0 Å². The predicted molar refractivity (Wildman–Crippen MR) is 65.6 cm³/mol. The molecule has 0 N–H and O–H groups in total. The molecule has 1 aromatic rings. The monoisotopic (exact) mass is 206 g/mol. The molecule has 1 aliphatic carbocycles. The average Bonchev–Trinajstić information content (AvgIpc) is 2.72. The first kappa shape index (κ1) is 10.2. The first-order chi connectivity index (χ1) is 6.95. The van der Waals surface area contributed by atoms with Crippen LogP contribution >= 0.6 is 8.58 Å². The summed E-state index contributed by atoms with van der Waals surface area (Å²) in [6.45, 7) is 0. The van der Waals surface area contributed by atoms with Gasteiger partial charge in [-0.1, -0.05) is 43.2 Å². The smallest absolute Gasteiger partial charge is 0.0237 e. The first-order valence-corrected chi connectivity index (χ1v) is 7.01. The van der Waals surface area contributed by atoms with Gasteiger partial charge < -0.3 is 0 Å². The summed E-state index contributed by atoms with van der Waals surface area (Å²) in [5.74, 6) is 0. The highest BCUT2D eigenvalue weighted by Crippen LogP contribution is 2.34. The molecule has 0 spiro atoms. The normalized spacial score (nSPS) is 18.3. The highest BCUT2D eigenvalue weighted by molar-refractivity contribution is 7.38. The number of benzene rings is 1. The van der Waals surface area contributed by atoms with Gasteiger partial charge in [0.2, 0.25) is 0 Å². The van der Waals surface area contributed by atoms with E-state index in [1.165, 1.54) is 52.4 Å². The van der Waals surface area contributed by atoms with Gasteiger partial charge >= 0.3 is 0 Å². The Labute approximate surface area is 88.9 Å². The van der Waals surface area contributed by atoms with E-state index < -0.39 is 0 Å². The zero-order valence-corrected chi connectivity index (χ0v) is 9.71. The van der Waals surface area contributed by atoms with Crippen LogP contribution in [-0.2, 0) is 6.42 Å². The fraction of sp³-hybridized carbons (Fsp3) is 0.538. The third-order valence-electron chi connectivity index (χ3n) is 3.04. The van der Waals surface area contributed by atoms with E-state index in [1.807, 2.05) is 0 Å². The van der Waals surface area contributed by atoms with Gasteiger partial charge in [0, 0.05) is 0 Å². The Morgan fingerprint density at radius 3 is 2.50 bits per heavy atom. The second-order valence-electron chi connectivity index (χ2n) is 4.17. The van der Waals surface area contributed by atoms with Gasteiger partial charge in [0.1, 0.15) is 0 Å². The maximum Gasteiger partial charge on any atom is -0.0237 e. The van der Waals surface area contributed by atoms with Crippen LogP contribution in [0.2, 0.25) is 0 Å². The largest absolute Gasteiger partial charge is 0.119 e. The maximum absolute atomic E-state index is 2.25. The van der Waals surface area contributed by atoms with E-state index in [0.29, 0.717) is 0 Å². The van der Waals surface area contributed by atoms with Gasteiger partial charge in [-0.15, -0.1) is 8.58 Å². The zero-order chi connectivity index (χ0) is 9.64. The summed E-state index contributed by atoms with van der Waals surface area (Å²) in [6, 6.07) is 10.9. The summed E-state index contributed by atoms with van der Waals surface area (Å²) in [6.07, 6.45) is 8.69. The van der Waals surface area contributed by atoms with E-state index in [2.05, 4.69) is 30.3 Å². The molecular weight excluding hydrogens is 187 g/mol. The van der Waals surface area contributed by atoms with Crippen molar-refractivity contribution in [3.8, 4) is 0 Å². The third-order valence-corrected chi connectivity index (χ3v) is 4.74. The molecule has 2 rings (SSSR count). The Bertz CT molecular complexity index is 249. The fourth-order valence-electron chi connectivity index (χ4n) is 2.20. The second kappa shape index (κ2) is 5.51. The lowest BCUT2D eigenvalue weighted by Gasteiger charge is -2.08. The SMILES string of the molecule is c1ccc(CCPC2CCCC2)cc1. The molecule has 1 aliphatic rings. The topological polar surface area (TPSA) is 0 Å². The number of rotatable bonds is 4. The molecule has 1 atom stereocenters. The van der Waals surface area contributed by atoms with E-state index >= 15 is 0 Å². The van der Waals surface area contributed by atoms with Crippen LogP contribution in [-0.4, -0.2) is 11.8 Å². The van der Waals surface area contributed by atoms with Crippen molar-refractivity contribution in [3.05, 3.63) is 35.9 Å². The van der Waals surface area contributed by atoms with Crippen LogP contribution in [0.5, 0.6) is 0 Å². The van der Waals surface area contributed by atoms with Crippen molar-refractivity contribution in [2.24, 2.45) is 0 Å². The molecule has 1 unspecified atom stereocenters.